The molecular formula is C26H22Zr. The first-order chi connectivity index (χ1) is 13.4. The van der Waals surface area contributed by atoms with E-state index in [0.29, 0.717) is 7.25 Å². The number of rotatable bonds is 6. The van der Waals surface area contributed by atoms with Crippen LogP contribution in [0.15, 0.2) is 121 Å². The van der Waals surface area contributed by atoms with Crippen LogP contribution < -0.4 is 0 Å². The van der Waals surface area contributed by atoms with E-state index in [-0.39, 0.29) is 0 Å². The summed E-state index contributed by atoms with van der Waals surface area (Å²) in [6.45, 7) is 0. The molecule has 0 amide bonds. The molecule has 4 aromatic carbocycles. The third kappa shape index (κ3) is 4.54. The summed E-state index contributed by atoms with van der Waals surface area (Å²) in [5, 5.41) is 0. The zero-order valence-corrected chi connectivity index (χ0v) is 17.7. The fraction of sp³-hybridized carbons (Fsp3) is 0.0769. The Morgan fingerprint density at radius 3 is 0.778 bits per heavy atom. The van der Waals surface area contributed by atoms with Crippen molar-refractivity contribution in [3.05, 3.63) is 144 Å². The number of hydrogen-bond donors (Lipinski definition) is 0. The Kier molecular flexibility index (Phi) is 6.12. The Morgan fingerprint density at radius 2 is 0.556 bits per heavy atom. The van der Waals surface area contributed by atoms with Crippen LogP contribution in [-0.2, 0) is 23.2 Å². The summed E-state index contributed by atoms with van der Waals surface area (Å²) < 4.78 is 1.06. The predicted octanol–water partition coefficient (Wildman–Crippen LogP) is 6.65. The summed E-state index contributed by atoms with van der Waals surface area (Å²) in [6, 6.07) is 44.2. The molecule has 0 nitrogen and oxygen atoms in total. The second-order valence-corrected chi connectivity index (χ2v) is 10.3. The van der Waals surface area contributed by atoms with Gasteiger partial charge in [-0.2, -0.15) is 0 Å². The second-order valence-electron chi connectivity index (χ2n) is 6.68. The van der Waals surface area contributed by atoms with E-state index in [4.69, 9.17) is 0 Å². The summed E-state index contributed by atoms with van der Waals surface area (Å²) in [4.78, 5) is 0. The molecule has 0 bridgehead atoms. The van der Waals surface area contributed by atoms with E-state index >= 15 is 0 Å². The third-order valence-electron chi connectivity index (χ3n) is 4.86. The third-order valence-corrected chi connectivity index (χ3v) is 9.78. The summed E-state index contributed by atoms with van der Waals surface area (Å²) in [7, 11) is 0. The van der Waals surface area contributed by atoms with Gasteiger partial charge in [0.15, 0.2) is 0 Å². The Balaban J connectivity index is 1.77. The molecule has 4 aromatic rings. The van der Waals surface area contributed by atoms with Crippen molar-refractivity contribution in [2.24, 2.45) is 0 Å². The number of hydrogen-bond acceptors (Lipinski definition) is 0. The molecule has 0 radical (unpaired) electrons. The van der Waals surface area contributed by atoms with E-state index < -0.39 is 23.2 Å². The van der Waals surface area contributed by atoms with Gasteiger partial charge < -0.3 is 0 Å². The van der Waals surface area contributed by atoms with Crippen molar-refractivity contribution in [2.45, 2.75) is 7.25 Å². The molecule has 0 heterocycles. The van der Waals surface area contributed by atoms with Gasteiger partial charge in [0.1, 0.15) is 0 Å². The van der Waals surface area contributed by atoms with Crippen LogP contribution in [0.2, 0.25) is 0 Å². The van der Waals surface area contributed by atoms with E-state index in [9.17, 15) is 0 Å². The molecule has 0 N–H and O–H groups in total. The molecule has 0 unspecified atom stereocenters. The summed E-state index contributed by atoms with van der Waals surface area (Å²) in [6.07, 6.45) is 0. The maximum absolute atomic E-state index is 2.30. The molecule has 0 fully saturated rings. The van der Waals surface area contributed by atoms with Gasteiger partial charge in [-0.05, 0) is 0 Å². The van der Waals surface area contributed by atoms with Crippen molar-refractivity contribution in [2.75, 3.05) is 0 Å². The molecule has 27 heavy (non-hydrogen) atoms. The molecule has 0 aliphatic rings. The van der Waals surface area contributed by atoms with Crippen LogP contribution >= 0.6 is 0 Å². The van der Waals surface area contributed by atoms with Crippen molar-refractivity contribution in [1.29, 1.82) is 0 Å². The zero-order valence-electron chi connectivity index (χ0n) is 15.2. The monoisotopic (exact) mass is 424 g/mol. The maximum atomic E-state index is 2.30. The van der Waals surface area contributed by atoms with Crippen LogP contribution in [0.1, 0.15) is 29.5 Å². The Labute approximate surface area is 173 Å². The topological polar surface area (TPSA) is 0 Å². The van der Waals surface area contributed by atoms with Crippen LogP contribution in [0, 0.1) is 0 Å². The summed E-state index contributed by atoms with van der Waals surface area (Å²) >= 11 is -0.912. The first-order valence-electron chi connectivity index (χ1n) is 9.37. The van der Waals surface area contributed by atoms with Crippen LogP contribution in [0.4, 0.5) is 0 Å². The molecular weight excluding hydrogens is 404 g/mol. The van der Waals surface area contributed by atoms with Gasteiger partial charge in [0.2, 0.25) is 0 Å². The van der Waals surface area contributed by atoms with Crippen LogP contribution in [0.25, 0.3) is 0 Å². The van der Waals surface area contributed by atoms with Gasteiger partial charge in [0, 0.05) is 0 Å². The van der Waals surface area contributed by atoms with Gasteiger partial charge >= 0.3 is 174 Å². The first-order valence-corrected chi connectivity index (χ1v) is 12.2. The van der Waals surface area contributed by atoms with Crippen molar-refractivity contribution in [1.82, 2.24) is 0 Å². The summed E-state index contributed by atoms with van der Waals surface area (Å²) in [5.74, 6) is 0. The quantitative estimate of drug-likeness (QED) is 0.324. The molecule has 0 aliphatic heterocycles. The molecule has 1 heteroatoms. The fourth-order valence-electron chi connectivity index (χ4n) is 3.52. The number of benzene rings is 4. The molecule has 0 aromatic heterocycles. The van der Waals surface area contributed by atoms with Gasteiger partial charge in [-0.1, -0.05) is 0 Å². The van der Waals surface area contributed by atoms with Crippen molar-refractivity contribution >= 4 is 0 Å². The van der Waals surface area contributed by atoms with Crippen molar-refractivity contribution in [3.8, 4) is 0 Å². The minimum atomic E-state index is -0.912. The SMILES string of the molecule is c1ccc([CH]([Zr][CH](c2ccccc2)c2ccccc2)c2ccccc2)cc1. The second kappa shape index (κ2) is 9.11. The van der Waals surface area contributed by atoms with Crippen molar-refractivity contribution in [3.63, 3.8) is 0 Å². The van der Waals surface area contributed by atoms with Gasteiger partial charge in [0.25, 0.3) is 0 Å². The Bertz CT molecular complexity index is 774. The van der Waals surface area contributed by atoms with Crippen molar-refractivity contribution < 1.29 is 23.2 Å². The van der Waals surface area contributed by atoms with Gasteiger partial charge in [-0.15, -0.1) is 0 Å². The zero-order chi connectivity index (χ0) is 18.3. The van der Waals surface area contributed by atoms with Crippen LogP contribution in [0.5, 0.6) is 0 Å². The molecule has 130 valence electrons. The molecule has 0 atom stereocenters. The van der Waals surface area contributed by atoms with E-state index in [2.05, 4.69) is 121 Å². The van der Waals surface area contributed by atoms with Crippen LogP contribution in [-0.4, -0.2) is 0 Å². The minimum absolute atomic E-state index is 0.529. The van der Waals surface area contributed by atoms with Gasteiger partial charge in [-0.3, -0.25) is 0 Å². The predicted molar refractivity (Wildman–Crippen MR) is 109 cm³/mol. The molecule has 0 saturated heterocycles. The Hall–Kier alpha value is -2.24. The molecule has 0 spiro atoms. The average Bonchev–Trinajstić information content (AvgIpc) is 2.77. The first kappa shape index (κ1) is 18.1. The molecule has 0 aliphatic carbocycles. The van der Waals surface area contributed by atoms with E-state index in [1.165, 1.54) is 22.3 Å². The fourth-order valence-corrected chi connectivity index (χ4v) is 8.12. The van der Waals surface area contributed by atoms with Gasteiger partial charge in [-0.25, -0.2) is 0 Å². The van der Waals surface area contributed by atoms with E-state index in [1.807, 2.05) is 0 Å². The Morgan fingerprint density at radius 1 is 0.333 bits per heavy atom. The molecule has 0 saturated carbocycles. The average molecular weight is 426 g/mol. The van der Waals surface area contributed by atoms with E-state index in [1.54, 1.807) is 0 Å². The normalized spacial score (nSPS) is 10.9. The van der Waals surface area contributed by atoms with Gasteiger partial charge in [0.05, 0.1) is 0 Å². The standard InChI is InChI=1S/2C13H11.Zr/c2*1-3-7-12(8-4-1)11-13-9-5-2-6-10-13;/h2*1-11H;. The van der Waals surface area contributed by atoms with Crippen LogP contribution in [0.3, 0.4) is 0 Å². The summed E-state index contributed by atoms with van der Waals surface area (Å²) in [5.41, 5.74) is 5.80. The van der Waals surface area contributed by atoms with E-state index in [0.717, 1.165) is 0 Å². The molecule has 4 rings (SSSR count).